The van der Waals surface area contributed by atoms with Gasteiger partial charge in [0.2, 0.25) is 0 Å². The molecule has 2 aliphatic rings. The molecule has 2 fully saturated rings. The second kappa shape index (κ2) is 8.07. The van der Waals surface area contributed by atoms with E-state index in [9.17, 15) is 4.79 Å². The molecule has 1 aliphatic heterocycles. The lowest BCUT2D eigenvalue weighted by atomic mass is 9.65. The maximum atomic E-state index is 13.2. The molecule has 1 aromatic heterocycles. The summed E-state index contributed by atoms with van der Waals surface area (Å²) >= 11 is 0. The average Bonchev–Trinajstić information content (AvgIpc) is 2.70. The average molecular weight is 410 g/mol. The second-order valence-corrected chi connectivity index (χ2v) is 8.58. The minimum atomic E-state index is -0.174. The number of hydrogen-bond donors (Lipinski definition) is 2. The monoisotopic (exact) mass is 409 g/mol. The van der Waals surface area contributed by atoms with Crippen LogP contribution < -0.4 is 11.1 Å². The highest BCUT2D eigenvalue weighted by molar-refractivity contribution is 5.92. The molecule has 7 nitrogen and oxygen atoms in total. The largest absolute Gasteiger partial charge is 0.405 e. The zero-order valence-corrected chi connectivity index (χ0v) is 17.8. The Balaban J connectivity index is 0.00000272. The van der Waals surface area contributed by atoms with Crippen molar-refractivity contribution in [3.05, 3.63) is 48.1 Å². The Kier molecular flexibility index (Phi) is 5.47. The molecule has 1 saturated carbocycles. The van der Waals surface area contributed by atoms with Crippen molar-refractivity contribution in [2.45, 2.75) is 44.7 Å². The minimum absolute atomic E-state index is 0. The number of hydrogen-bond acceptors (Lipinski definition) is 5. The van der Waals surface area contributed by atoms with Crippen molar-refractivity contribution in [1.82, 2.24) is 14.9 Å². The van der Waals surface area contributed by atoms with E-state index in [1.165, 1.54) is 6.20 Å². The molecule has 2 heterocycles. The highest BCUT2D eigenvalue weighted by Crippen LogP contribution is 2.50. The molecule has 3 atom stereocenters. The fraction of sp³-hybridized carbons (Fsp3) is 0.435. The summed E-state index contributed by atoms with van der Waals surface area (Å²) < 4.78 is 5.47. The lowest BCUT2D eigenvalue weighted by Crippen LogP contribution is -2.74. The highest BCUT2D eigenvalue weighted by atomic mass is 16.5. The predicted molar refractivity (Wildman–Crippen MR) is 120 cm³/mol. The van der Waals surface area contributed by atoms with Gasteiger partial charge < -0.3 is 20.7 Å². The third-order valence-electron chi connectivity index (χ3n) is 6.23. The quantitative estimate of drug-likeness (QED) is 0.777. The topological polar surface area (TPSA) is 93.4 Å². The molecule has 3 N–H and O–H groups in total. The molecule has 1 aromatic carbocycles. The number of aromatic nitrogens is 2. The molecule has 160 valence electrons. The molecule has 4 rings (SSSR count). The summed E-state index contributed by atoms with van der Waals surface area (Å²) in [4.78, 5) is 24.0. The number of urea groups is 1. The zero-order valence-electron chi connectivity index (χ0n) is 17.8. The number of amides is 2. The van der Waals surface area contributed by atoms with Gasteiger partial charge in [-0.3, -0.25) is 9.97 Å². The number of piperidine rings is 1. The van der Waals surface area contributed by atoms with E-state index in [2.05, 4.69) is 22.2 Å². The first-order chi connectivity index (χ1) is 14.5. The van der Waals surface area contributed by atoms with Crippen LogP contribution in [0.25, 0.3) is 17.3 Å². The second-order valence-electron chi connectivity index (χ2n) is 8.58. The molecule has 7 heteroatoms. The van der Waals surface area contributed by atoms with Crippen molar-refractivity contribution in [3.8, 4) is 11.3 Å². The number of nitrogens with one attached hydrogen (secondary N) is 1. The van der Waals surface area contributed by atoms with Gasteiger partial charge in [0.15, 0.2) is 0 Å². The van der Waals surface area contributed by atoms with Crippen molar-refractivity contribution < 1.29 is 11.0 Å². The van der Waals surface area contributed by atoms with Crippen molar-refractivity contribution in [2.24, 2.45) is 11.7 Å². The van der Waals surface area contributed by atoms with E-state index >= 15 is 0 Å². The van der Waals surface area contributed by atoms with Gasteiger partial charge in [-0.15, -0.1) is 0 Å². The summed E-state index contributed by atoms with van der Waals surface area (Å²) in [5, 5.41) is 3.10. The van der Waals surface area contributed by atoms with E-state index in [1.54, 1.807) is 25.6 Å². The number of carbonyl (C=O) groups excluding carboxylic acids is 1. The molecule has 1 aliphatic carbocycles. The lowest BCUT2D eigenvalue weighted by Gasteiger charge is -2.63. The number of rotatable bonds is 5. The van der Waals surface area contributed by atoms with E-state index in [1.807, 2.05) is 30.0 Å². The third-order valence-corrected chi connectivity index (χ3v) is 6.23. The molecule has 2 amide bonds. The summed E-state index contributed by atoms with van der Waals surface area (Å²) in [6.07, 6.45) is 9.60. The first-order valence-electron chi connectivity index (χ1n) is 10.4. The van der Waals surface area contributed by atoms with Gasteiger partial charge in [-0.2, -0.15) is 0 Å². The first kappa shape index (κ1) is 20.3. The molecule has 2 aromatic rings. The number of nitrogens with two attached hydrogens (primary N) is 1. The van der Waals surface area contributed by atoms with E-state index < -0.39 is 0 Å². The van der Waals surface area contributed by atoms with Gasteiger partial charge in [0.1, 0.15) is 0 Å². The minimum Gasteiger partial charge on any atom is -0.405 e. The van der Waals surface area contributed by atoms with Crippen LogP contribution in [0.3, 0.4) is 0 Å². The number of aryl methyl sites for hydroxylation is 1. The number of benzene rings is 1. The van der Waals surface area contributed by atoms with Crippen molar-refractivity contribution in [3.63, 3.8) is 0 Å². The van der Waals surface area contributed by atoms with E-state index in [0.717, 1.165) is 41.8 Å². The Morgan fingerprint density at radius 2 is 2.23 bits per heavy atom. The number of likely N-dealkylation sites (tertiary alicyclic amines) is 1. The van der Waals surface area contributed by atoms with Crippen LogP contribution in [0, 0.1) is 12.8 Å². The first-order valence-corrected chi connectivity index (χ1v) is 10.4. The number of carbonyl (C=O) groups is 1. The van der Waals surface area contributed by atoms with Gasteiger partial charge in [0, 0.05) is 25.8 Å². The standard InChI is InChI=1S/C23H29N5O2.H2/c1-15-8-19-11-23(10-15,14-30-3)28(19)22(29)27-17-5-4-16(2)20(9-17)21-13-25-18(6-7-24)12-26-21;/h4-7,9,12-13,15,19H,8,10-11,14,24H2,1-3H3,(H,27,29);1H/b7-6-;/t15-,19+,23-;/m1./s1. The zero-order chi connectivity index (χ0) is 21.3. The molecule has 0 spiro atoms. The third kappa shape index (κ3) is 3.65. The van der Waals surface area contributed by atoms with Crippen LogP contribution in [-0.4, -0.2) is 46.2 Å². The van der Waals surface area contributed by atoms with Crippen molar-refractivity contribution in [1.29, 1.82) is 0 Å². The molecule has 2 bridgehead atoms. The number of anilines is 1. The molecular formula is C23H31N5O2. The van der Waals surface area contributed by atoms with Crippen LogP contribution in [0.15, 0.2) is 36.8 Å². The smallest absolute Gasteiger partial charge is 0.322 e. The van der Waals surface area contributed by atoms with Gasteiger partial charge in [-0.1, -0.05) is 13.0 Å². The number of methoxy groups -OCH3 is 1. The summed E-state index contributed by atoms with van der Waals surface area (Å²) in [5.41, 5.74) is 9.44. The maximum Gasteiger partial charge on any atom is 0.322 e. The number of nitrogens with zero attached hydrogens (tertiary/aromatic N) is 3. The van der Waals surface area contributed by atoms with E-state index in [-0.39, 0.29) is 13.0 Å². The summed E-state index contributed by atoms with van der Waals surface area (Å²) in [6, 6.07) is 6.11. The van der Waals surface area contributed by atoms with Crippen molar-refractivity contribution in [2.75, 3.05) is 19.0 Å². The molecule has 30 heavy (non-hydrogen) atoms. The molecular weight excluding hydrogens is 378 g/mol. The normalized spacial score (nSPS) is 25.2. The maximum absolute atomic E-state index is 13.2. The molecule has 0 radical (unpaired) electrons. The van der Waals surface area contributed by atoms with Crippen LogP contribution in [0.2, 0.25) is 0 Å². The Hall–Kier alpha value is -2.93. The van der Waals surface area contributed by atoms with Crippen molar-refractivity contribution >= 4 is 17.8 Å². The Morgan fingerprint density at radius 3 is 2.93 bits per heavy atom. The molecule has 1 saturated heterocycles. The Bertz CT molecular complexity index is 961. The van der Waals surface area contributed by atoms with Crippen LogP contribution in [0.5, 0.6) is 0 Å². The summed E-state index contributed by atoms with van der Waals surface area (Å²) in [5.74, 6) is 0.615. The van der Waals surface area contributed by atoms with Crippen LogP contribution in [0.1, 0.15) is 38.9 Å². The fourth-order valence-electron chi connectivity index (χ4n) is 5.13. The van der Waals surface area contributed by atoms with E-state index in [4.69, 9.17) is 10.5 Å². The predicted octanol–water partition coefficient (Wildman–Crippen LogP) is 4.05. The van der Waals surface area contributed by atoms with Crippen LogP contribution >= 0.6 is 0 Å². The lowest BCUT2D eigenvalue weighted by molar-refractivity contribution is -0.122. The van der Waals surface area contributed by atoms with Gasteiger partial charge >= 0.3 is 6.03 Å². The van der Waals surface area contributed by atoms with Crippen LogP contribution in [0.4, 0.5) is 10.5 Å². The Morgan fingerprint density at radius 1 is 1.40 bits per heavy atom. The summed E-state index contributed by atoms with van der Waals surface area (Å²) in [7, 11) is 1.71. The summed E-state index contributed by atoms with van der Waals surface area (Å²) in [6.45, 7) is 4.86. The Labute approximate surface area is 178 Å². The highest BCUT2D eigenvalue weighted by Gasteiger charge is 2.58. The number of ether oxygens (including phenoxy) is 1. The number of fused-ring (bicyclic) bond motifs is 2. The van der Waals surface area contributed by atoms with Gasteiger partial charge in [0.05, 0.1) is 35.9 Å². The molecule has 0 unspecified atom stereocenters. The van der Waals surface area contributed by atoms with Gasteiger partial charge in [-0.25, -0.2) is 4.79 Å². The fourth-order valence-corrected chi connectivity index (χ4v) is 5.13. The van der Waals surface area contributed by atoms with Crippen LogP contribution in [-0.2, 0) is 4.74 Å². The van der Waals surface area contributed by atoms with E-state index in [0.29, 0.717) is 24.3 Å². The van der Waals surface area contributed by atoms with Gasteiger partial charge in [0.25, 0.3) is 0 Å². The van der Waals surface area contributed by atoms with Gasteiger partial charge in [-0.05, 0) is 62.1 Å². The SMILES string of the molecule is COC[C@@]12C[C@H](C)C[C@@H](C1)N2C(=O)Nc1ccc(C)c(-c2cnc(/C=C\N)cn2)c1.[HH].